The minimum Gasteiger partial charge on any atom is -0.421 e. The molecular formula is C18H11BrClF3N2O. The first-order valence-corrected chi connectivity index (χ1v) is 8.60. The number of aromatic nitrogens is 2. The van der Waals surface area contributed by atoms with Gasteiger partial charge in [0.2, 0.25) is 11.8 Å². The van der Waals surface area contributed by atoms with Crippen LogP contribution in [0.2, 0.25) is 5.02 Å². The van der Waals surface area contributed by atoms with E-state index in [1.807, 2.05) is 24.3 Å². The summed E-state index contributed by atoms with van der Waals surface area (Å²) in [5.41, 5.74) is 0.426. The van der Waals surface area contributed by atoms with Gasteiger partial charge in [-0.3, -0.25) is 0 Å². The van der Waals surface area contributed by atoms with Crippen molar-refractivity contribution in [2.75, 3.05) is 0 Å². The summed E-state index contributed by atoms with van der Waals surface area (Å²) >= 11 is 9.34. The third-order valence-corrected chi connectivity index (χ3v) is 4.29. The van der Waals surface area contributed by atoms with E-state index in [1.165, 1.54) is 18.2 Å². The Bertz CT molecular complexity index is 954. The van der Waals surface area contributed by atoms with Gasteiger partial charge in [0.15, 0.2) is 0 Å². The molecule has 0 bridgehead atoms. The molecular weight excluding hydrogens is 433 g/mol. The lowest BCUT2D eigenvalue weighted by Crippen LogP contribution is -2.04. The second-order valence-electron chi connectivity index (χ2n) is 5.41. The van der Waals surface area contributed by atoms with E-state index in [9.17, 15) is 13.2 Å². The monoisotopic (exact) mass is 442 g/mol. The van der Waals surface area contributed by atoms with Gasteiger partial charge in [-0.05, 0) is 47.5 Å². The molecule has 1 heterocycles. The third-order valence-electron chi connectivity index (χ3n) is 3.46. The van der Waals surface area contributed by atoms with Crippen molar-refractivity contribution < 1.29 is 17.6 Å². The van der Waals surface area contributed by atoms with Crippen molar-refractivity contribution in [3.05, 3.63) is 80.4 Å². The number of rotatable bonds is 4. The molecule has 1 aromatic heterocycles. The Morgan fingerprint density at radius 3 is 2.62 bits per heavy atom. The molecule has 0 spiro atoms. The molecule has 8 heteroatoms. The molecule has 0 atom stereocenters. The van der Waals surface area contributed by atoms with E-state index in [2.05, 4.69) is 26.1 Å². The lowest BCUT2D eigenvalue weighted by atomic mass is 10.1. The summed E-state index contributed by atoms with van der Waals surface area (Å²) in [6, 6.07) is 10.8. The van der Waals surface area contributed by atoms with Crippen LogP contribution in [-0.2, 0) is 12.6 Å². The van der Waals surface area contributed by atoms with E-state index in [0.717, 1.165) is 22.2 Å². The van der Waals surface area contributed by atoms with Crippen LogP contribution < -0.4 is 0 Å². The zero-order valence-corrected chi connectivity index (χ0v) is 15.4. The van der Waals surface area contributed by atoms with Crippen LogP contribution in [-0.4, -0.2) is 10.2 Å². The van der Waals surface area contributed by atoms with Gasteiger partial charge in [-0.2, -0.15) is 13.2 Å². The molecule has 134 valence electrons. The van der Waals surface area contributed by atoms with Crippen LogP contribution in [0, 0.1) is 0 Å². The van der Waals surface area contributed by atoms with Crippen LogP contribution in [0.3, 0.4) is 0 Å². The molecule has 0 saturated heterocycles. The van der Waals surface area contributed by atoms with Gasteiger partial charge in [0.1, 0.15) is 0 Å². The Balaban J connectivity index is 1.77. The second kappa shape index (κ2) is 7.63. The number of halogens is 5. The quantitative estimate of drug-likeness (QED) is 0.477. The molecule has 26 heavy (non-hydrogen) atoms. The fourth-order valence-corrected chi connectivity index (χ4v) is 2.86. The van der Waals surface area contributed by atoms with Crippen molar-refractivity contribution in [3.63, 3.8) is 0 Å². The van der Waals surface area contributed by atoms with Gasteiger partial charge in [0.25, 0.3) is 0 Å². The maximum absolute atomic E-state index is 12.8. The molecule has 3 aromatic rings. The van der Waals surface area contributed by atoms with Crippen molar-refractivity contribution >= 4 is 39.7 Å². The summed E-state index contributed by atoms with van der Waals surface area (Å²) in [6.45, 7) is 0. The average molecular weight is 444 g/mol. The fraction of sp³-hybridized carbons (Fsp3) is 0.111. The van der Waals surface area contributed by atoms with Crippen molar-refractivity contribution in [3.8, 4) is 0 Å². The van der Waals surface area contributed by atoms with Crippen molar-refractivity contribution in [2.24, 2.45) is 0 Å². The predicted octanol–water partition coefficient (Wildman–Crippen LogP) is 6.27. The van der Waals surface area contributed by atoms with Crippen LogP contribution >= 0.6 is 27.5 Å². The first-order chi connectivity index (χ1) is 12.3. The van der Waals surface area contributed by atoms with Gasteiger partial charge >= 0.3 is 6.18 Å². The molecule has 0 unspecified atom stereocenters. The lowest BCUT2D eigenvalue weighted by Gasteiger charge is -2.08. The Morgan fingerprint density at radius 1 is 1.08 bits per heavy atom. The van der Waals surface area contributed by atoms with E-state index < -0.39 is 11.7 Å². The minimum absolute atomic E-state index is 0.184. The van der Waals surface area contributed by atoms with Gasteiger partial charge in [-0.15, -0.1) is 10.2 Å². The summed E-state index contributed by atoms with van der Waals surface area (Å²) in [6.07, 6.45) is -1.15. The van der Waals surface area contributed by atoms with Crippen LogP contribution in [0.15, 0.2) is 51.4 Å². The molecule has 0 N–H and O–H groups in total. The maximum Gasteiger partial charge on any atom is 0.416 e. The minimum atomic E-state index is -4.44. The van der Waals surface area contributed by atoms with E-state index in [1.54, 1.807) is 0 Å². The van der Waals surface area contributed by atoms with Crippen LogP contribution in [0.25, 0.3) is 12.2 Å². The van der Waals surface area contributed by atoms with E-state index in [-0.39, 0.29) is 16.5 Å². The molecule has 0 aliphatic heterocycles. The summed E-state index contributed by atoms with van der Waals surface area (Å²) in [5, 5.41) is 8.00. The molecule has 0 radical (unpaired) electrons. The molecule has 0 saturated carbocycles. The summed E-state index contributed by atoms with van der Waals surface area (Å²) in [5.74, 6) is 0.585. The number of nitrogens with zero attached hydrogens (tertiary/aromatic N) is 2. The second-order valence-corrected chi connectivity index (χ2v) is 6.73. The van der Waals surface area contributed by atoms with Gasteiger partial charge < -0.3 is 4.42 Å². The Hall–Kier alpha value is -2.12. The summed E-state index contributed by atoms with van der Waals surface area (Å²) in [7, 11) is 0. The number of hydrogen-bond donors (Lipinski definition) is 0. The normalized spacial score (nSPS) is 12.0. The molecule has 2 aromatic carbocycles. The number of benzene rings is 2. The molecule has 0 amide bonds. The Morgan fingerprint density at radius 2 is 1.88 bits per heavy atom. The van der Waals surface area contributed by atoms with Crippen molar-refractivity contribution in [1.82, 2.24) is 10.2 Å². The topological polar surface area (TPSA) is 38.9 Å². The SMILES string of the molecule is FC(F)(F)c1ccc(Cl)c(/C=C/c2nnc(Cc3cccc(Br)c3)o2)c1. The van der Waals surface area contributed by atoms with Crippen LogP contribution in [0.1, 0.15) is 28.5 Å². The highest BCUT2D eigenvalue weighted by molar-refractivity contribution is 9.10. The van der Waals surface area contributed by atoms with Crippen LogP contribution in [0.4, 0.5) is 13.2 Å². The highest BCUT2D eigenvalue weighted by Gasteiger charge is 2.30. The molecule has 3 rings (SSSR count). The largest absolute Gasteiger partial charge is 0.421 e. The van der Waals surface area contributed by atoms with Gasteiger partial charge in [0, 0.05) is 15.6 Å². The maximum atomic E-state index is 12.8. The van der Waals surface area contributed by atoms with Crippen molar-refractivity contribution in [1.29, 1.82) is 0 Å². The Kier molecular flexibility index (Phi) is 5.48. The zero-order valence-electron chi connectivity index (χ0n) is 13.1. The molecule has 0 aliphatic carbocycles. The van der Waals surface area contributed by atoms with E-state index >= 15 is 0 Å². The fourth-order valence-electron chi connectivity index (χ4n) is 2.24. The van der Waals surface area contributed by atoms with Crippen molar-refractivity contribution in [2.45, 2.75) is 12.6 Å². The molecule has 0 fully saturated rings. The summed E-state index contributed by atoms with van der Waals surface area (Å²) in [4.78, 5) is 0. The third kappa shape index (κ3) is 4.74. The van der Waals surface area contributed by atoms with E-state index in [0.29, 0.717) is 12.3 Å². The standard InChI is InChI=1S/C18H11BrClF3N2O/c19-14-3-1-2-11(8-14)9-17-25-24-16(26-17)7-4-12-10-13(18(21,22)23)5-6-15(12)20/h1-8,10H,9H2/b7-4+. The zero-order chi connectivity index (χ0) is 18.7. The molecule has 3 nitrogen and oxygen atoms in total. The first kappa shape index (κ1) is 18.7. The smallest absolute Gasteiger partial charge is 0.416 e. The van der Waals surface area contributed by atoms with Gasteiger partial charge in [-0.1, -0.05) is 39.7 Å². The predicted molar refractivity (Wildman–Crippen MR) is 96.6 cm³/mol. The molecule has 0 aliphatic rings. The number of hydrogen-bond acceptors (Lipinski definition) is 3. The Labute approximate surface area is 160 Å². The lowest BCUT2D eigenvalue weighted by molar-refractivity contribution is -0.137. The first-order valence-electron chi connectivity index (χ1n) is 7.43. The van der Waals surface area contributed by atoms with E-state index in [4.69, 9.17) is 16.0 Å². The average Bonchev–Trinajstić information content (AvgIpc) is 3.00. The van der Waals surface area contributed by atoms with Gasteiger partial charge in [-0.25, -0.2) is 0 Å². The van der Waals surface area contributed by atoms with Crippen LogP contribution in [0.5, 0.6) is 0 Å². The van der Waals surface area contributed by atoms with Gasteiger partial charge in [0.05, 0.1) is 12.0 Å². The highest BCUT2D eigenvalue weighted by atomic mass is 79.9. The summed E-state index contributed by atoms with van der Waals surface area (Å²) < 4.78 is 44.8. The highest BCUT2D eigenvalue weighted by Crippen LogP contribution is 2.32. The number of alkyl halides is 3.